The summed E-state index contributed by atoms with van der Waals surface area (Å²) >= 11 is 0. The first-order valence-corrected chi connectivity index (χ1v) is 5.35. The fourth-order valence-electron chi connectivity index (χ4n) is 1.93. The second-order valence-electron chi connectivity index (χ2n) is 3.87. The third-order valence-electron chi connectivity index (χ3n) is 2.83. The lowest BCUT2D eigenvalue weighted by molar-refractivity contribution is 0.414. The van der Waals surface area contributed by atoms with E-state index in [-0.39, 0.29) is 0 Å². The highest BCUT2D eigenvalue weighted by Crippen LogP contribution is 2.21. The van der Waals surface area contributed by atoms with Crippen LogP contribution in [0.15, 0.2) is 24.3 Å². The lowest BCUT2D eigenvalue weighted by atomic mass is 10.2. The molecule has 1 aromatic carbocycles. The van der Waals surface area contributed by atoms with Gasteiger partial charge >= 0.3 is 0 Å². The molecule has 1 saturated heterocycles. The molecule has 15 heavy (non-hydrogen) atoms. The van der Waals surface area contributed by atoms with E-state index in [1.54, 1.807) is 7.11 Å². The summed E-state index contributed by atoms with van der Waals surface area (Å²) in [7, 11) is 1.69. The van der Waals surface area contributed by atoms with Crippen LogP contribution in [0.1, 0.15) is 6.92 Å². The van der Waals surface area contributed by atoms with Crippen LogP contribution in [-0.4, -0.2) is 32.8 Å². The van der Waals surface area contributed by atoms with Crippen LogP contribution < -0.4 is 15.0 Å². The lowest BCUT2D eigenvalue weighted by Crippen LogP contribution is -2.47. The molecule has 1 aliphatic rings. The smallest absolute Gasteiger partial charge is 0.119 e. The SMILES string of the molecule is COc1ccc(N2CC[N]CC2C)cc1. The van der Waals surface area contributed by atoms with Gasteiger partial charge in [-0.05, 0) is 31.2 Å². The van der Waals surface area contributed by atoms with Gasteiger partial charge in [0.05, 0.1) is 7.11 Å². The number of anilines is 1. The van der Waals surface area contributed by atoms with E-state index >= 15 is 0 Å². The molecule has 3 heteroatoms. The zero-order valence-electron chi connectivity index (χ0n) is 9.31. The summed E-state index contributed by atoms with van der Waals surface area (Å²) < 4.78 is 5.15. The van der Waals surface area contributed by atoms with Crippen molar-refractivity contribution >= 4 is 5.69 Å². The zero-order chi connectivity index (χ0) is 10.7. The predicted octanol–water partition coefficient (Wildman–Crippen LogP) is 1.51. The van der Waals surface area contributed by atoms with Crippen LogP contribution in [0, 0.1) is 0 Å². The van der Waals surface area contributed by atoms with E-state index in [1.807, 2.05) is 12.1 Å². The van der Waals surface area contributed by atoms with E-state index in [9.17, 15) is 0 Å². The molecule has 1 atom stereocenters. The molecule has 1 heterocycles. The minimum absolute atomic E-state index is 0.507. The Morgan fingerprint density at radius 1 is 1.33 bits per heavy atom. The van der Waals surface area contributed by atoms with Crippen molar-refractivity contribution in [3.63, 3.8) is 0 Å². The lowest BCUT2D eigenvalue weighted by Gasteiger charge is -2.35. The van der Waals surface area contributed by atoms with Crippen LogP contribution in [0.3, 0.4) is 0 Å². The summed E-state index contributed by atoms with van der Waals surface area (Å²) in [5.41, 5.74) is 1.26. The molecule has 1 fully saturated rings. The first-order valence-electron chi connectivity index (χ1n) is 5.35. The Morgan fingerprint density at radius 2 is 2.07 bits per heavy atom. The molecule has 0 amide bonds. The van der Waals surface area contributed by atoms with E-state index in [1.165, 1.54) is 5.69 Å². The maximum Gasteiger partial charge on any atom is 0.119 e. The van der Waals surface area contributed by atoms with Gasteiger partial charge in [-0.15, -0.1) is 0 Å². The summed E-state index contributed by atoms with van der Waals surface area (Å²) in [6, 6.07) is 8.75. The van der Waals surface area contributed by atoms with Crippen molar-refractivity contribution < 1.29 is 4.74 Å². The van der Waals surface area contributed by atoms with Gasteiger partial charge in [0.25, 0.3) is 0 Å². The maximum atomic E-state index is 5.15. The first-order chi connectivity index (χ1) is 7.31. The van der Waals surface area contributed by atoms with Crippen LogP contribution in [0.25, 0.3) is 0 Å². The maximum absolute atomic E-state index is 5.15. The van der Waals surface area contributed by atoms with Crippen LogP contribution in [0.5, 0.6) is 5.75 Å². The summed E-state index contributed by atoms with van der Waals surface area (Å²) in [5.74, 6) is 0.910. The Labute approximate surface area is 91.0 Å². The Balaban J connectivity index is 2.13. The molecule has 3 nitrogen and oxygen atoms in total. The average molecular weight is 205 g/mol. The van der Waals surface area contributed by atoms with Crippen LogP contribution >= 0.6 is 0 Å². The van der Waals surface area contributed by atoms with Gasteiger partial charge in [0.2, 0.25) is 0 Å². The number of piperazine rings is 1. The van der Waals surface area contributed by atoms with Gasteiger partial charge in [0.15, 0.2) is 0 Å². The van der Waals surface area contributed by atoms with Gasteiger partial charge in [-0.1, -0.05) is 0 Å². The number of benzene rings is 1. The third-order valence-corrected chi connectivity index (χ3v) is 2.83. The first kappa shape index (κ1) is 10.3. The number of hydrogen-bond acceptors (Lipinski definition) is 2. The molecule has 1 unspecified atom stereocenters. The predicted molar refractivity (Wildman–Crippen MR) is 61.7 cm³/mol. The molecule has 0 N–H and O–H groups in total. The molecule has 2 rings (SSSR count). The highest BCUT2D eigenvalue weighted by molar-refractivity contribution is 5.50. The van der Waals surface area contributed by atoms with E-state index in [2.05, 4.69) is 29.3 Å². The summed E-state index contributed by atoms with van der Waals surface area (Å²) in [6.45, 7) is 5.11. The molecule has 0 aliphatic carbocycles. The summed E-state index contributed by atoms with van der Waals surface area (Å²) in [5, 5.41) is 4.40. The highest BCUT2D eigenvalue weighted by Gasteiger charge is 2.18. The van der Waals surface area contributed by atoms with E-state index < -0.39 is 0 Å². The fourth-order valence-corrected chi connectivity index (χ4v) is 1.93. The van der Waals surface area contributed by atoms with Gasteiger partial charge < -0.3 is 9.64 Å². The number of nitrogens with zero attached hydrogens (tertiary/aromatic N) is 2. The molecule has 81 valence electrons. The van der Waals surface area contributed by atoms with Crippen molar-refractivity contribution in [3.8, 4) is 5.75 Å². The molecule has 1 aliphatic heterocycles. The average Bonchev–Trinajstić information content (AvgIpc) is 2.30. The van der Waals surface area contributed by atoms with E-state index in [4.69, 9.17) is 4.74 Å². The van der Waals surface area contributed by atoms with Crippen molar-refractivity contribution in [1.82, 2.24) is 5.32 Å². The molecular weight excluding hydrogens is 188 g/mol. The Morgan fingerprint density at radius 3 is 2.67 bits per heavy atom. The number of methoxy groups -OCH3 is 1. The van der Waals surface area contributed by atoms with Crippen LogP contribution in [0.2, 0.25) is 0 Å². The molecule has 0 saturated carbocycles. The molecule has 1 aromatic rings. The number of rotatable bonds is 2. The van der Waals surface area contributed by atoms with Crippen molar-refractivity contribution in [2.75, 3.05) is 31.6 Å². The van der Waals surface area contributed by atoms with Gasteiger partial charge in [0.1, 0.15) is 5.75 Å². The summed E-state index contributed by atoms with van der Waals surface area (Å²) in [6.07, 6.45) is 0. The Hall–Kier alpha value is -1.22. The normalized spacial score (nSPS) is 21.5. The second kappa shape index (κ2) is 4.53. The van der Waals surface area contributed by atoms with Crippen molar-refractivity contribution in [2.24, 2.45) is 0 Å². The Kier molecular flexibility index (Phi) is 3.11. The van der Waals surface area contributed by atoms with Gasteiger partial charge in [-0.2, -0.15) is 0 Å². The molecule has 1 radical (unpaired) electrons. The number of hydrogen-bond donors (Lipinski definition) is 0. The monoisotopic (exact) mass is 205 g/mol. The third kappa shape index (κ3) is 2.23. The zero-order valence-corrected chi connectivity index (χ0v) is 9.31. The van der Waals surface area contributed by atoms with Crippen molar-refractivity contribution in [2.45, 2.75) is 13.0 Å². The largest absolute Gasteiger partial charge is 0.497 e. The highest BCUT2D eigenvalue weighted by atomic mass is 16.5. The number of ether oxygens (including phenoxy) is 1. The minimum atomic E-state index is 0.507. The standard InChI is InChI=1S/C12H17N2O/c1-10-9-13-7-8-14(10)11-3-5-12(15-2)6-4-11/h3-6,10H,7-9H2,1-2H3. The van der Waals surface area contributed by atoms with Gasteiger partial charge in [-0.25, -0.2) is 5.32 Å². The minimum Gasteiger partial charge on any atom is -0.497 e. The van der Waals surface area contributed by atoms with E-state index in [0.29, 0.717) is 6.04 Å². The van der Waals surface area contributed by atoms with Gasteiger partial charge in [-0.3, -0.25) is 0 Å². The van der Waals surface area contributed by atoms with Crippen LogP contribution in [0.4, 0.5) is 5.69 Å². The summed E-state index contributed by atoms with van der Waals surface area (Å²) in [4.78, 5) is 2.40. The molecule has 0 aromatic heterocycles. The molecular formula is C12H17N2O. The second-order valence-corrected chi connectivity index (χ2v) is 3.87. The van der Waals surface area contributed by atoms with E-state index in [0.717, 1.165) is 25.4 Å². The van der Waals surface area contributed by atoms with Crippen molar-refractivity contribution in [3.05, 3.63) is 24.3 Å². The molecule has 0 spiro atoms. The molecule has 0 bridgehead atoms. The van der Waals surface area contributed by atoms with Crippen LogP contribution in [-0.2, 0) is 0 Å². The van der Waals surface area contributed by atoms with Crippen molar-refractivity contribution in [1.29, 1.82) is 0 Å². The Bertz CT molecular complexity index is 310. The quantitative estimate of drug-likeness (QED) is 0.731. The fraction of sp³-hybridized carbons (Fsp3) is 0.500. The topological polar surface area (TPSA) is 26.6 Å². The van der Waals surface area contributed by atoms with Gasteiger partial charge in [0, 0.05) is 31.4 Å².